The molecule has 0 aliphatic rings. The average Bonchev–Trinajstić information content (AvgIpc) is 2.34. The van der Waals surface area contributed by atoms with Crippen LogP contribution in [0.5, 0.6) is 0 Å². The molecule has 1 aromatic rings. The first-order chi connectivity index (χ1) is 10.5. The molecule has 0 atom stereocenters. The molecule has 124 valence electrons. The third-order valence-corrected chi connectivity index (χ3v) is 1.93. The molecule has 0 N–H and O–H groups in total. The van der Waals surface area contributed by atoms with Crippen LogP contribution < -0.4 is 0 Å². The van der Waals surface area contributed by atoms with Gasteiger partial charge in [-0.1, -0.05) is 0 Å². The number of hydrogen-bond acceptors (Lipinski definition) is 7. The van der Waals surface area contributed by atoms with Crippen molar-refractivity contribution in [1.29, 1.82) is 0 Å². The Hall–Kier alpha value is -2.62. The molecule has 1 heterocycles. The number of carbonyl (C=O) groups excluding carboxylic acids is 1. The molecule has 0 amide bonds. The lowest BCUT2D eigenvalue weighted by Crippen LogP contribution is -2.30. The van der Waals surface area contributed by atoms with E-state index in [1.165, 1.54) is 12.4 Å². The van der Waals surface area contributed by atoms with E-state index in [0.29, 0.717) is 5.69 Å². The first-order valence-corrected chi connectivity index (χ1v) is 6.96. The minimum atomic E-state index is -0.929. The fraction of sp³-hybridized carbons (Fsp3) is 0.500. The maximum absolute atomic E-state index is 11.8. The second-order valence-electron chi connectivity index (χ2n) is 6.57. The maximum Gasteiger partial charge on any atom is 0.517 e. The molecule has 0 bridgehead atoms. The first kappa shape index (κ1) is 18.4. The summed E-state index contributed by atoms with van der Waals surface area (Å²) in [4.78, 5) is 23.8. The fourth-order valence-electron chi connectivity index (χ4n) is 1.24. The number of carbonyl (C=O) groups is 1. The Kier molecular flexibility index (Phi) is 5.68. The molecule has 0 unspecified atom stereocenters. The molecule has 0 aromatic carbocycles. The lowest BCUT2D eigenvalue weighted by atomic mass is 10.2. The Labute approximate surface area is 136 Å². The van der Waals surface area contributed by atoms with Crippen LogP contribution >= 0.6 is 0 Å². The van der Waals surface area contributed by atoms with Crippen LogP contribution in [0.25, 0.3) is 0 Å². The van der Waals surface area contributed by atoms with Gasteiger partial charge in [0.15, 0.2) is 5.82 Å². The van der Waals surface area contributed by atoms with E-state index in [1.54, 1.807) is 41.5 Å². The molecule has 0 fully saturated rings. The van der Waals surface area contributed by atoms with Gasteiger partial charge in [-0.25, -0.2) is 9.78 Å². The van der Waals surface area contributed by atoms with Crippen molar-refractivity contribution in [2.24, 2.45) is 4.99 Å². The van der Waals surface area contributed by atoms with E-state index >= 15 is 0 Å². The summed E-state index contributed by atoms with van der Waals surface area (Å²) in [5, 5.41) is 0. The van der Waals surface area contributed by atoms with Crippen LogP contribution in [0.1, 0.15) is 47.2 Å². The minimum absolute atomic E-state index is 0.156. The molecule has 23 heavy (non-hydrogen) atoms. The second-order valence-corrected chi connectivity index (χ2v) is 6.57. The van der Waals surface area contributed by atoms with Crippen LogP contribution in [0, 0.1) is 12.3 Å². The highest BCUT2D eigenvalue weighted by Crippen LogP contribution is 2.15. The molecule has 0 saturated heterocycles. The van der Waals surface area contributed by atoms with Crippen molar-refractivity contribution in [2.45, 2.75) is 52.7 Å². The molecular weight excluding hydrogens is 298 g/mol. The molecule has 7 heteroatoms. The smallest absolute Gasteiger partial charge is 0.444 e. The van der Waals surface area contributed by atoms with Crippen LogP contribution in [-0.2, 0) is 14.2 Å². The summed E-state index contributed by atoms with van der Waals surface area (Å²) in [6.45, 7) is 10.5. The summed E-state index contributed by atoms with van der Waals surface area (Å²) in [5.41, 5.74) is -1.04. The molecule has 0 aliphatic heterocycles. The summed E-state index contributed by atoms with van der Waals surface area (Å²) in [6.07, 6.45) is 6.82. The Morgan fingerprint density at radius 3 is 2.26 bits per heavy atom. The highest BCUT2D eigenvalue weighted by atomic mass is 16.8. The maximum atomic E-state index is 11.8. The SMILES string of the molecule is C#Cc1cncc(/N=C(/OC(=O)OC(C)(C)C)OC(C)(C)C)n1. The third-order valence-electron chi connectivity index (χ3n) is 1.93. The van der Waals surface area contributed by atoms with E-state index < -0.39 is 17.4 Å². The first-order valence-electron chi connectivity index (χ1n) is 6.96. The largest absolute Gasteiger partial charge is 0.517 e. The Bertz CT molecular complexity index is 634. The molecule has 0 aliphatic carbocycles. The van der Waals surface area contributed by atoms with Gasteiger partial charge in [-0.05, 0) is 47.5 Å². The lowest BCUT2D eigenvalue weighted by Gasteiger charge is -2.23. The van der Waals surface area contributed by atoms with Gasteiger partial charge >= 0.3 is 12.2 Å². The molecule has 7 nitrogen and oxygen atoms in total. The Morgan fingerprint density at radius 1 is 1.13 bits per heavy atom. The number of hydrogen-bond donors (Lipinski definition) is 0. The minimum Gasteiger partial charge on any atom is -0.444 e. The zero-order chi connectivity index (χ0) is 17.7. The van der Waals surface area contributed by atoms with Crippen molar-refractivity contribution in [3.8, 4) is 12.3 Å². The van der Waals surface area contributed by atoms with Crippen LogP contribution in [0.3, 0.4) is 0 Å². The molecular formula is C16H21N3O4. The van der Waals surface area contributed by atoms with Crippen molar-refractivity contribution in [2.75, 3.05) is 0 Å². The summed E-state index contributed by atoms with van der Waals surface area (Å²) in [5.74, 6) is 2.50. The van der Waals surface area contributed by atoms with E-state index in [2.05, 4.69) is 20.9 Å². The van der Waals surface area contributed by atoms with Gasteiger partial charge in [0.2, 0.25) is 0 Å². The van der Waals surface area contributed by atoms with Gasteiger partial charge in [-0.15, -0.1) is 6.42 Å². The van der Waals surface area contributed by atoms with E-state index in [-0.39, 0.29) is 11.9 Å². The predicted molar refractivity (Wildman–Crippen MR) is 85.2 cm³/mol. The molecule has 0 saturated carbocycles. The van der Waals surface area contributed by atoms with E-state index in [4.69, 9.17) is 20.6 Å². The monoisotopic (exact) mass is 319 g/mol. The summed E-state index contributed by atoms with van der Waals surface area (Å²) in [7, 11) is 0. The fourth-order valence-corrected chi connectivity index (χ4v) is 1.24. The number of terminal acetylenes is 1. The summed E-state index contributed by atoms with van der Waals surface area (Å²) >= 11 is 0. The zero-order valence-corrected chi connectivity index (χ0v) is 14.2. The van der Waals surface area contributed by atoms with Crippen molar-refractivity contribution in [3.63, 3.8) is 0 Å². The Morgan fingerprint density at radius 2 is 1.74 bits per heavy atom. The van der Waals surface area contributed by atoms with Gasteiger partial charge in [0, 0.05) is 0 Å². The standard InChI is InChI=1S/C16H21N3O4/c1-8-11-9-17-10-12(18-11)19-13(22-15(2,3)4)21-14(20)23-16(5,6)7/h1,9-10H,2-7H3/b19-13-. The van der Waals surface area contributed by atoms with Gasteiger partial charge < -0.3 is 14.2 Å². The predicted octanol–water partition coefficient (Wildman–Crippen LogP) is 3.21. The Balaban J connectivity index is 3.02. The van der Waals surface area contributed by atoms with Gasteiger partial charge in [0.05, 0.1) is 12.4 Å². The van der Waals surface area contributed by atoms with Crippen LogP contribution in [-0.4, -0.2) is 33.4 Å². The van der Waals surface area contributed by atoms with E-state index in [9.17, 15) is 4.79 Å². The van der Waals surface area contributed by atoms with Gasteiger partial charge in [-0.3, -0.25) is 4.98 Å². The van der Waals surface area contributed by atoms with E-state index in [1.807, 2.05) is 0 Å². The molecule has 1 rings (SSSR count). The second kappa shape index (κ2) is 7.09. The number of nitrogens with zero attached hydrogens (tertiary/aromatic N) is 3. The number of aromatic nitrogens is 2. The topological polar surface area (TPSA) is 82.9 Å². The molecule has 0 spiro atoms. The van der Waals surface area contributed by atoms with Crippen LogP contribution in [0.4, 0.5) is 10.6 Å². The van der Waals surface area contributed by atoms with Crippen LogP contribution in [0.15, 0.2) is 17.4 Å². The highest BCUT2D eigenvalue weighted by Gasteiger charge is 2.23. The lowest BCUT2D eigenvalue weighted by molar-refractivity contribution is -0.000866. The molecule has 0 radical (unpaired) electrons. The van der Waals surface area contributed by atoms with Crippen molar-refractivity contribution >= 4 is 18.1 Å². The van der Waals surface area contributed by atoms with Crippen molar-refractivity contribution in [1.82, 2.24) is 9.97 Å². The summed E-state index contributed by atoms with van der Waals surface area (Å²) < 4.78 is 15.6. The van der Waals surface area contributed by atoms with Gasteiger partial charge in [0.25, 0.3) is 0 Å². The van der Waals surface area contributed by atoms with Gasteiger partial charge in [0.1, 0.15) is 16.9 Å². The third kappa shape index (κ3) is 7.81. The van der Waals surface area contributed by atoms with Crippen molar-refractivity contribution < 1.29 is 19.0 Å². The van der Waals surface area contributed by atoms with Gasteiger partial charge in [-0.2, -0.15) is 4.99 Å². The number of ether oxygens (including phenoxy) is 3. The quantitative estimate of drug-likeness (QED) is 0.342. The number of rotatable bonds is 1. The zero-order valence-electron chi connectivity index (χ0n) is 14.2. The summed E-state index contributed by atoms with van der Waals surface area (Å²) in [6, 6.07) is 0. The normalized spacial score (nSPS) is 12.3. The number of aliphatic imine (C=N–C) groups is 1. The van der Waals surface area contributed by atoms with Crippen molar-refractivity contribution in [3.05, 3.63) is 18.1 Å². The van der Waals surface area contributed by atoms with Crippen LogP contribution in [0.2, 0.25) is 0 Å². The highest BCUT2D eigenvalue weighted by molar-refractivity contribution is 5.82. The van der Waals surface area contributed by atoms with E-state index in [0.717, 1.165) is 0 Å². The molecule has 1 aromatic heterocycles. The average molecular weight is 319 g/mol.